The molecule has 1 atom stereocenters. The average Bonchev–Trinajstić information content (AvgIpc) is 2.26. The second-order valence-corrected chi connectivity index (χ2v) is 3.85. The number of nitrogens with zero attached hydrogens (tertiary/aromatic N) is 1. The molecule has 66 valence electrons. The maximum absolute atomic E-state index is 10.0. The lowest BCUT2D eigenvalue weighted by atomic mass is 9.62. The van der Waals surface area contributed by atoms with Crippen LogP contribution >= 0.6 is 0 Å². The molecule has 1 heterocycles. The van der Waals surface area contributed by atoms with Gasteiger partial charge in [-0.05, 0) is 19.3 Å². The van der Waals surface area contributed by atoms with Crippen LogP contribution in [0.4, 0.5) is 0 Å². The van der Waals surface area contributed by atoms with Crippen molar-refractivity contribution >= 4 is 0 Å². The van der Waals surface area contributed by atoms with Gasteiger partial charge in [0.1, 0.15) is 0 Å². The van der Waals surface area contributed by atoms with Gasteiger partial charge in [-0.1, -0.05) is 6.42 Å². The molecule has 3 heteroatoms. The molecule has 1 spiro atoms. The van der Waals surface area contributed by atoms with Crippen LogP contribution in [0.25, 0.3) is 0 Å². The fourth-order valence-corrected chi connectivity index (χ4v) is 2.35. The standard InChI is InChI=1S/C9H13NO2/c10-6-4-9(11)8(2-1-3-8)5-7-12-9/h11H,1-5,7H2. The number of ether oxygens (including phenoxy) is 1. The van der Waals surface area contributed by atoms with E-state index in [2.05, 4.69) is 0 Å². The van der Waals surface area contributed by atoms with Crippen molar-refractivity contribution in [2.45, 2.75) is 37.9 Å². The van der Waals surface area contributed by atoms with Gasteiger partial charge < -0.3 is 9.84 Å². The lowest BCUT2D eigenvalue weighted by Crippen LogP contribution is -2.49. The summed E-state index contributed by atoms with van der Waals surface area (Å²) in [4.78, 5) is 0. The van der Waals surface area contributed by atoms with E-state index >= 15 is 0 Å². The van der Waals surface area contributed by atoms with Crippen LogP contribution in [0.3, 0.4) is 0 Å². The summed E-state index contributed by atoms with van der Waals surface area (Å²) >= 11 is 0. The second kappa shape index (κ2) is 2.45. The first-order chi connectivity index (χ1) is 5.72. The largest absolute Gasteiger partial charge is 0.364 e. The van der Waals surface area contributed by atoms with Crippen molar-refractivity contribution in [1.82, 2.24) is 0 Å². The zero-order valence-electron chi connectivity index (χ0n) is 7.05. The van der Waals surface area contributed by atoms with Gasteiger partial charge >= 0.3 is 0 Å². The van der Waals surface area contributed by atoms with E-state index in [-0.39, 0.29) is 11.8 Å². The summed E-state index contributed by atoms with van der Waals surface area (Å²) in [7, 11) is 0. The van der Waals surface area contributed by atoms with Gasteiger partial charge in [0.25, 0.3) is 0 Å². The monoisotopic (exact) mass is 167 g/mol. The molecule has 2 aliphatic rings. The molecule has 1 saturated heterocycles. The van der Waals surface area contributed by atoms with E-state index in [4.69, 9.17) is 10.00 Å². The number of rotatable bonds is 1. The normalized spacial score (nSPS) is 37.7. The molecule has 1 saturated carbocycles. The fraction of sp³-hybridized carbons (Fsp3) is 0.889. The van der Waals surface area contributed by atoms with Crippen molar-refractivity contribution in [1.29, 1.82) is 5.26 Å². The smallest absolute Gasteiger partial charge is 0.184 e. The summed E-state index contributed by atoms with van der Waals surface area (Å²) < 4.78 is 5.27. The van der Waals surface area contributed by atoms with Gasteiger partial charge in [-0.2, -0.15) is 5.26 Å². The SMILES string of the molecule is N#CCC1(O)OCCC12CCC2. The van der Waals surface area contributed by atoms with Gasteiger partial charge in [0.15, 0.2) is 5.79 Å². The zero-order valence-corrected chi connectivity index (χ0v) is 7.05. The predicted molar refractivity (Wildman–Crippen MR) is 42.0 cm³/mol. The molecule has 0 aromatic rings. The van der Waals surface area contributed by atoms with Crippen LogP contribution in [0, 0.1) is 16.7 Å². The van der Waals surface area contributed by atoms with E-state index < -0.39 is 5.79 Å². The highest BCUT2D eigenvalue weighted by Gasteiger charge is 2.58. The van der Waals surface area contributed by atoms with E-state index in [9.17, 15) is 5.11 Å². The Bertz CT molecular complexity index is 229. The summed E-state index contributed by atoms with van der Waals surface area (Å²) in [5.41, 5.74) is -0.0667. The molecule has 0 amide bonds. The molecule has 3 nitrogen and oxygen atoms in total. The van der Waals surface area contributed by atoms with Crippen LogP contribution in [0.15, 0.2) is 0 Å². The van der Waals surface area contributed by atoms with E-state index in [0.29, 0.717) is 6.61 Å². The first kappa shape index (κ1) is 8.03. The fourth-order valence-electron chi connectivity index (χ4n) is 2.35. The van der Waals surface area contributed by atoms with Crippen molar-refractivity contribution in [3.63, 3.8) is 0 Å². The topological polar surface area (TPSA) is 53.2 Å². The molecule has 1 aliphatic heterocycles. The molecule has 2 rings (SSSR count). The van der Waals surface area contributed by atoms with Crippen LogP contribution in [0.1, 0.15) is 32.1 Å². The highest BCUT2D eigenvalue weighted by Crippen LogP contribution is 2.57. The van der Waals surface area contributed by atoms with Gasteiger partial charge in [0, 0.05) is 5.41 Å². The predicted octanol–water partition coefficient (Wildman–Crippen LogP) is 1.18. The molecule has 1 unspecified atom stereocenters. The van der Waals surface area contributed by atoms with E-state index in [1.165, 1.54) is 0 Å². The van der Waals surface area contributed by atoms with Gasteiger partial charge in [0.2, 0.25) is 0 Å². The molecule has 0 bridgehead atoms. The highest BCUT2D eigenvalue weighted by molar-refractivity contribution is 5.05. The van der Waals surface area contributed by atoms with Crippen molar-refractivity contribution in [3.8, 4) is 6.07 Å². The maximum Gasteiger partial charge on any atom is 0.184 e. The van der Waals surface area contributed by atoms with Gasteiger partial charge in [-0.15, -0.1) is 0 Å². The molecule has 1 aliphatic carbocycles. The minimum atomic E-state index is -1.12. The Kier molecular flexibility index (Phi) is 1.64. The van der Waals surface area contributed by atoms with Crippen LogP contribution < -0.4 is 0 Å². The Morgan fingerprint density at radius 2 is 2.17 bits per heavy atom. The summed E-state index contributed by atoms with van der Waals surface area (Å²) in [5, 5.41) is 18.6. The maximum atomic E-state index is 10.0. The van der Waals surface area contributed by atoms with Crippen molar-refractivity contribution < 1.29 is 9.84 Å². The zero-order chi connectivity index (χ0) is 8.66. The first-order valence-electron chi connectivity index (χ1n) is 4.46. The van der Waals surface area contributed by atoms with Gasteiger partial charge in [0.05, 0.1) is 19.1 Å². The third kappa shape index (κ3) is 0.825. The molecule has 1 N–H and O–H groups in total. The second-order valence-electron chi connectivity index (χ2n) is 3.85. The Labute approximate surface area is 71.9 Å². The first-order valence-corrected chi connectivity index (χ1v) is 4.46. The average molecular weight is 167 g/mol. The van der Waals surface area contributed by atoms with E-state index in [1.54, 1.807) is 0 Å². The lowest BCUT2D eigenvalue weighted by molar-refractivity contribution is -0.242. The van der Waals surface area contributed by atoms with Crippen molar-refractivity contribution in [3.05, 3.63) is 0 Å². The molecule has 0 radical (unpaired) electrons. The third-order valence-electron chi connectivity index (χ3n) is 3.38. The van der Waals surface area contributed by atoms with Crippen LogP contribution in [0.5, 0.6) is 0 Å². The summed E-state index contributed by atoms with van der Waals surface area (Å²) in [6, 6.07) is 2.00. The van der Waals surface area contributed by atoms with Crippen molar-refractivity contribution in [2.24, 2.45) is 5.41 Å². The molecular weight excluding hydrogens is 154 g/mol. The Morgan fingerprint density at radius 3 is 2.67 bits per heavy atom. The quantitative estimate of drug-likeness (QED) is 0.638. The number of nitriles is 1. The van der Waals surface area contributed by atoms with Crippen LogP contribution in [0.2, 0.25) is 0 Å². The minimum absolute atomic E-state index is 0.0667. The summed E-state index contributed by atoms with van der Waals surface area (Å²) in [6.07, 6.45) is 4.24. The molecule has 2 fully saturated rings. The number of hydrogen-bond donors (Lipinski definition) is 1. The van der Waals surface area contributed by atoms with Gasteiger partial charge in [-0.3, -0.25) is 0 Å². The molecule has 12 heavy (non-hydrogen) atoms. The Hall–Kier alpha value is -0.590. The minimum Gasteiger partial charge on any atom is -0.364 e. The van der Waals surface area contributed by atoms with E-state index in [0.717, 1.165) is 25.7 Å². The number of hydrogen-bond acceptors (Lipinski definition) is 3. The molecule has 0 aromatic carbocycles. The Morgan fingerprint density at radius 1 is 1.42 bits per heavy atom. The lowest BCUT2D eigenvalue weighted by Gasteiger charge is -2.46. The Balaban J connectivity index is 2.18. The van der Waals surface area contributed by atoms with Crippen molar-refractivity contribution in [2.75, 3.05) is 6.61 Å². The molecular formula is C9H13NO2. The summed E-state index contributed by atoms with van der Waals surface area (Å²) in [5.74, 6) is -1.12. The molecule has 0 aromatic heterocycles. The number of aliphatic hydroxyl groups is 1. The van der Waals surface area contributed by atoms with Crippen LogP contribution in [-0.4, -0.2) is 17.5 Å². The van der Waals surface area contributed by atoms with E-state index in [1.807, 2.05) is 6.07 Å². The third-order valence-corrected chi connectivity index (χ3v) is 3.38. The van der Waals surface area contributed by atoms with Crippen LogP contribution in [-0.2, 0) is 4.74 Å². The van der Waals surface area contributed by atoms with Gasteiger partial charge in [-0.25, -0.2) is 0 Å². The summed E-state index contributed by atoms with van der Waals surface area (Å²) in [6.45, 7) is 0.609. The highest BCUT2D eigenvalue weighted by atomic mass is 16.6.